The molecule has 3 heteroatoms. The highest BCUT2D eigenvalue weighted by molar-refractivity contribution is 5.66. The minimum Gasteiger partial charge on any atom is -0.462 e. The largest absolute Gasteiger partial charge is 0.462 e. The van der Waals surface area contributed by atoms with E-state index in [4.69, 9.17) is 9.47 Å². The van der Waals surface area contributed by atoms with E-state index < -0.39 is 0 Å². The van der Waals surface area contributed by atoms with Gasteiger partial charge in [-0.1, -0.05) is 67.0 Å². The zero-order valence-electron chi connectivity index (χ0n) is 25.8. The lowest BCUT2D eigenvalue weighted by atomic mass is 9.33. The van der Waals surface area contributed by atoms with Crippen LogP contribution in [-0.2, 0) is 14.3 Å². The fraction of sp³-hybridized carbons (Fsp3) is 0.912. The molecule has 0 aliphatic heterocycles. The fourth-order valence-electron chi connectivity index (χ4n) is 11.3. The van der Waals surface area contributed by atoms with E-state index in [1.807, 2.05) is 0 Å². The number of allylic oxidation sites excluding steroid dienone is 1. The number of carbonyl (C=O) groups is 1. The van der Waals surface area contributed by atoms with Crippen molar-refractivity contribution < 1.29 is 14.3 Å². The highest BCUT2D eigenvalue weighted by Crippen LogP contribution is 2.76. The predicted molar refractivity (Wildman–Crippen MR) is 151 cm³/mol. The van der Waals surface area contributed by atoms with E-state index in [9.17, 15) is 4.79 Å². The van der Waals surface area contributed by atoms with Crippen molar-refractivity contribution in [3.63, 3.8) is 0 Å². The van der Waals surface area contributed by atoms with E-state index in [0.717, 1.165) is 19.4 Å². The highest BCUT2D eigenvalue weighted by Gasteiger charge is 2.70. The van der Waals surface area contributed by atoms with Gasteiger partial charge in [0, 0.05) is 24.9 Å². The van der Waals surface area contributed by atoms with Crippen LogP contribution in [0.1, 0.15) is 127 Å². The Bertz CT molecular complexity index is 962. The second-order valence-electron chi connectivity index (χ2n) is 16.4. The van der Waals surface area contributed by atoms with Gasteiger partial charge in [-0.05, 0) is 104 Å². The number of esters is 1. The predicted octanol–water partition coefficient (Wildman–Crippen LogP) is 8.75. The van der Waals surface area contributed by atoms with Crippen molar-refractivity contribution in [1.29, 1.82) is 0 Å². The average molecular weight is 513 g/mol. The zero-order chi connectivity index (χ0) is 27.2. The summed E-state index contributed by atoms with van der Waals surface area (Å²) in [5.74, 6) is 1.57. The van der Waals surface area contributed by atoms with Crippen LogP contribution in [0.15, 0.2) is 11.6 Å². The van der Waals surface area contributed by atoms with Crippen molar-refractivity contribution >= 4 is 5.97 Å². The van der Waals surface area contributed by atoms with Crippen molar-refractivity contribution in [2.45, 2.75) is 139 Å². The first-order chi connectivity index (χ1) is 17.0. The smallest absolute Gasteiger partial charge is 0.302 e. The van der Waals surface area contributed by atoms with Gasteiger partial charge in [-0.2, -0.15) is 0 Å². The Morgan fingerprint density at radius 2 is 1.59 bits per heavy atom. The Morgan fingerprint density at radius 1 is 0.919 bits per heavy atom. The van der Waals surface area contributed by atoms with E-state index in [1.54, 1.807) is 12.5 Å². The number of hydrogen-bond donors (Lipinski definition) is 0. The first-order valence-electron chi connectivity index (χ1n) is 15.6. The van der Waals surface area contributed by atoms with E-state index in [1.165, 1.54) is 44.9 Å². The number of carbonyl (C=O) groups excluding carboxylic acids is 1. The summed E-state index contributed by atoms with van der Waals surface area (Å²) in [6.45, 7) is 24.8. The van der Waals surface area contributed by atoms with Gasteiger partial charge in [0.25, 0.3) is 0 Å². The number of rotatable bonds is 3. The molecule has 0 aromatic heterocycles. The maximum Gasteiger partial charge on any atom is 0.302 e. The van der Waals surface area contributed by atoms with E-state index in [0.29, 0.717) is 28.6 Å². The van der Waals surface area contributed by atoms with Crippen molar-refractivity contribution in [2.75, 3.05) is 6.61 Å². The minimum atomic E-state index is -0.132. The topological polar surface area (TPSA) is 35.5 Å². The summed E-state index contributed by atoms with van der Waals surface area (Å²) in [6.07, 6.45) is 14.2. The van der Waals surface area contributed by atoms with Crippen LogP contribution >= 0.6 is 0 Å². The van der Waals surface area contributed by atoms with Gasteiger partial charge >= 0.3 is 5.97 Å². The molecule has 0 unspecified atom stereocenters. The summed E-state index contributed by atoms with van der Waals surface area (Å²) < 4.78 is 12.7. The van der Waals surface area contributed by atoms with Crippen molar-refractivity contribution in [3.05, 3.63) is 11.6 Å². The molecule has 5 aliphatic rings. The normalized spacial score (nSPS) is 50.0. The van der Waals surface area contributed by atoms with Gasteiger partial charge in [-0.25, -0.2) is 0 Å². The van der Waals surface area contributed by atoms with E-state index in [2.05, 4.69) is 68.4 Å². The Hall–Kier alpha value is -0.830. The molecule has 0 amide bonds. The molecule has 0 aromatic carbocycles. The molecular weight excluding hydrogens is 456 g/mol. The lowest BCUT2D eigenvalue weighted by Crippen LogP contribution is -2.67. The molecule has 4 fully saturated rings. The Balaban J connectivity index is 1.61. The fourth-order valence-corrected chi connectivity index (χ4v) is 11.3. The van der Waals surface area contributed by atoms with Crippen LogP contribution in [0.4, 0.5) is 0 Å². The number of hydrogen-bond acceptors (Lipinski definition) is 3. The third kappa shape index (κ3) is 3.86. The molecule has 0 spiro atoms. The third-order valence-electron chi connectivity index (χ3n) is 13.6. The molecule has 0 heterocycles. The molecule has 4 saturated carbocycles. The van der Waals surface area contributed by atoms with Crippen LogP contribution in [0, 0.1) is 50.2 Å². The Kier molecular flexibility index (Phi) is 6.43. The summed E-state index contributed by atoms with van der Waals surface area (Å²) in [4.78, 5) is 12.0. The quantitative estimate of drug-likeness (QED) is 0.280. The Morgan fingerprint density at radius 3 is 2.24 bits per heavy atom. The van der Waals surface area contributed by atoms with Crippen molar-refractivity contribution in [1.82, 2.24) is 0 Å². The molecule has 37 heavy (non-hydrogen) atoms. The summed E-state index contributed by atoms with van der Waals surface area (Å²) in [6, 6.07) is 0. The first-order valence-corrected chi connectivity index (χ1v) is 15.6. The molecular formula is C34H56O3. The van der Waals surface area contributed by atoms with Crippen molar-refractivity contribution in [2.24, 2.45) is 50.2 Å². The third-order valence-corrected chi connectivity index (χ3v) is 13.6. The molecule has 5 rings (SSSR count). The minimum absolute atomic E-state index is 0.0168. The molecule has 210 valence electrons. The standard InChI is InChI=1S/C34H56O3/c1-11-36-25-20-23-24-21-29(3,4)16-17-31(24,7)18-19-33(23,9)34(10)15-12-26-30(5,6)27(37-22(2)35)13-14-32(26,8)28(25)34/h20,24-28H,11-19,21H2,1-10H3/t24-,25+,26-,27-,28+,31+,32-,33+,34+/m0/s1. The van der Waals surface area contributed by atoms with Gasteiger partial charge in [0.1, 0.15) is 6.10 Å². The molecule has 0 bridgehead atoms. The van der Waals surface area contributed by atoms with E-state index in [-0.39, 0.29) is 39.8 Å². The first kappa shape index (κ1) is 27.7. The number of fused-ring (bicyclic) bond motifs is 7. The zero-order valence-corrected chi connectivity index (χ0v) is 25.8. The maximum atomic E-state index is 12.0. The molecule has 0 saturated heterocycles. The van der Waals surface area contributed by atoms with Crippen LogP contribution < -0.4 is 0 Å². The summed E-state index contributed by atoms with van der Waals surface area (Å²) in [7, 11) is 0. The molecule has 5 aliphatic carbocycles. The van der Waals surface area contributed by atoms with Crippen LogP contribution in [0.2, 0.25) is 0 Å². The SMILES string of the molecule is CCO[C@@H]1C=C2[C@@H]3CC(C)(C)CC[C@]3(C)CC[C@@]2(C)[C@]2(C)CC[C@H]3C(C)(C)[C@@H](OC(C)=O)CC[C@]3(C)[C@@H]12. The molecule has 9 atom stereocenters. The number of ether oxygens (including phenoxy) is 2. The molecule has 3 nitrogen and oxygen atoms in total. The second-order valence-corrected chi connectivity index (χ2v) is 16.4. The monoisotopic (exact) mass is 512 g/mol. The highest BCUT2D eigenvalue weighted by atomic mass is 16.5. The van der Waals surface area contributed by atoms with Gasteiger partial charge in [0.15, 0.2) is 0 Å². The van der Waals surface area contributed by atoms with Crippen LogP contribution in [0.5, 0.6) is 0 Å². The summed E-state index contributed by atoms with van der Waals surface area (Å²) >= 11 is 0. The second kappa shape index (κ2) is 8.58. The maximum absolute atomic E-state index is 12.0. The van der Waals surface area contributed by atoms with E-state index >= 15 is 0 Å². The Labute approximate surface area is 227 Å². The molecule has 0 N–H and O–H groups in total. The molecule has 0 radical (unpaired) electrons. The van der Waals surface area contributed by atoms with Gasteiger partial charge in [-0.3, -0.25) is 4.79 Å². The van der Waals surface area contributed by atoms with Gasteiger partial charge in [0.2, 0.25) is 0 Å². The average Bonchev–Trinajstić information content (AvgIpc) is 2.78. The summed E-state index contributed by atoms with van der Waals surface area (Å²) in [5.41, 5.74) is 3.21. The lowest BCUT2D eigenvalue weighted by Gasteiger charge is -2.72. The van der Waals surface area contributed by atoms with Crippen LogP contribution in [0.3, 0.4) is 0 Å². The molecule has 0 aromatic rings. The van der Waals surface area contributed by atoms with Gasteiger partial charge in [0.05, 0.1) is 6.10 Å². The van der Waals surface area contributed by atoms with Crippen molar-refractivity contribution in [3.8, 4) is 0 Å². The van der Waals surface area contributed by atoms with Gasteiger partial charge in [-0.15, -0.1) is 0 Å². The van der Waals surface area contributed by atoms with Crippen LogP contribution in [-0.4, -0.2) is 24.8 Å². The van der Waals surface area contributed by atoms with Crippen LogP contribution in [0.25, 0.3) is 0 Å². The summed E-state index contributed by atoms with van der Waals surface area (Å²) in [5, 5.41) is 0. The lowest BCUT2D eigenvalue weighted by molar-refractivity contribution is -0.234. The van der Waals surface area contributed by atoms with Gasteiger partial charge < -0.3 is 9.47 Å².